The predicted octanol–water partition coefficient (Wildman–Crippen LogP) is -0.225. The smallest absolute Gasteiger partial charge is 0.332 e. The number of hydrogen-bond acceptors (Lipinski definition) is 8. The van der Waals surface area contributed by atoms with Gasteiger partial charge in [-0.05, 0) is 6.42 Å². The summed E-state index contributed by atoms with van der Waals surface area (Å²) in [5, 5.41) is 40.7. The summed E-state index contributed by atoms with van der Waals surface area (Å²) in [6.07, 6.45) is 8.68. The van der Waals surface area contributed by atoms with Crippen molar-refractivity contribution in [3.8, 4) is 0 Å². The molecular weight excluding hydrogens is 354 g/mol. The Bertz CT molecular complexity index is 234. The third-order valence-electron chi connectivity index (χ3n) is 3.00. The quantitative estimate of drug-likeness (QED) is 0.193. The molecule has 27 heavy (non-hydrogen) atoms. The molecule has 0 aromatic carbocycles. The fourth-order valence-corrected chi connectivity index (χ4v) is 1.60. The summed E-state index contributed by atoms with van der Waals surface area (Å²) in [4.78, 5) is 10.3. The van der Waals surface area contributed by atoms with E-state index in [0.717, 1.165) is 19.3 Å². The number of carboxylic acid groups (broad SMARTS) is 1. The minimum absolute atomic E-state index is 0.0972. The number of aliphatic hydroxyl groups is 4. The van der Waals surface area contributed by atoms with Gasteiger partial charge in [-0.1, -0.05) is 58.3 Å². The van der Waals surface area contributed by atoms with E-state index in [9.17, 15) is 4.79 Å². The van der Waals surface area contributed by atoms with Gasteiger partial charge in [-0.25, -0.2) is 4.79 Å². The molecule has 0 aliphatic heterocycles. The summed E-state index contributed by atoms with van der Waals surface area (Å²) >= 11 is 0. The van der Waals surface area contributed by atoms with Crippen LogP contribution in [0, 0.1) is 0 Å². The Labute approximate surface area is 164 Å². The van der Waals surface area contributed by atoms with Gasteiger partial charge >= 0.3 is 5.97 Å². The largest absolute Gasteiger partial charge is 0.479 e. The highest BCUT2D eigenvalue weighted by Crippen LogP contribution is 2.10. The van der Waals surface area contributed by atoms with E-state index in [4.69, 9.17) is 42.7 Å². The normalized spacial score (nSPS) is 10.4. The van der Waals surface area contributed by atoms with E-state index in [0.29, 0.717) is 26.1 Å². The number of hydrogen-bond donors (Lipinski definition) is 8. The third-order valence-corrected chi connectivity index (χ3v) is 3.00. The zero-order valence-electron chi connectivity index (χ0n) is 17.1. The van der Waals surface area contributed by atoms with E-state index in [1.165, 1.54) is 32.1 Å². The highest BCUT2D eigenvalue weighted by atomic mass is 16.4. The van der Waals surface area contributed by atoms with Crippen LogP contribution in [0.3, 0.4) is 0 Å². The van der Waals surface area contributed by atoms with E-state index < -0.39 is 12.1 Å². The summed E-state index contributed by atoms with van der Waals surface area (Å²) in [6.45, 7) is 3.62. The average Bonchev–Trinajstić information content (AvgIpc) is 2.70. The monoisotopic (exact) mass is 399 g/mol. The number of nitrogens with two attached hydrogens (primary N) is 3. The molecule has 0 aliphatic rings. The number of carbonyl (C=O) groups is 1. The number of carboxylic acids is 1. The fraction of sp³-hybridized carbons (Fsp3) is 0.944. The van der Waals surface area contributed by atoms with Crippen LogP contribution in [0.4, 0.5) is 0 Å². The van der Waals surface area contributed by atoms with Gasteiger partial charge in [0.2, 0.25) is 0 Å². The number of aliphatic hydroxyl groups excluding tert-OH is 4. The van der Waals surface area contributed by atoms with Gasteiger partial charge in [-0.3, -0.25) is 0 Å². The Morgan fingerprint density at radius 1 is 0.741 bits per heavy atom. The van der Waals surface area contributed by atoms with Crippen LogP contribution in [0.15, 0.2) is 0 Å². The molecule has 0 aromatic heterocycles. The molecule has 0 amide bonds. The van der Waals surface area contributed by atoms with Crippen LogP contribution < -0.4 is 17.2 Å². The van der Waals surface area contributed by atoms with Crippen molar-refractivity contribution >= 4 is 5.97 Å². The molecule has 0 radical (unpaired) electrons. The van der Waals surface area contributed by atoms with Crippen LogP contribution >= 0.6 is 0 Å². The van der Waals surface area contributed by atoms with Crippen molar-refractivity contribution in [3.05, 3.63) is 0 Å². The lowest BCUT2D eigenvalue weighted by molar-refractivity contribution is -0.146. The first-order chi connectivity index (χ1) is 12.9. The summed E-state index contributed by atoms with van der Waals surface area (Å²) in [7, 11) is 0. The van der Waals surface area contributed by atoms with Crippen LogP contribution in [-0.4, -0.2) is 77.1 Å². The average molecular weight is 400 g/mol. The summed E-state index contributed by atoms with van der Waals surface area (Å²) in [6, 6.07) is 0. The Kier molecular flexibility index (Phi) is 45.2. The molecule has 0 bridgehead atoms. The lowest BCUT2D eigenvalue weighted by atomic mass is 10.1. The molecule has 0 fully saturated rings. The SMILES string of the molecule is CCCCCCCCCCC(O)C(=O)O.NCCO.NCCO.NCCO. The maximum Gasteiger partial charge on any atom is 0.332 e. The molecule has 0 aromatic rings. The second-order valence-corrected chi connectivity index (χ2v) is 5.65. The van der Waals surface area contributed by atoms with Gasteiger partial charge < -0.3 is 42.7 Å². The van der Waals surface area contributed by atoms with E-state index >= 15 is 0 Å². The molecule has 1 unspecified atom stereocenters. The molecule has 168 valence electrons. The molecule has 0 rings (SSSR count). The highest BCUT2D eigenvalue weighted by molar-refractivity contribution is 5.71. The van der Waals surface area contributed by atoms with Gasteiger partial charge in [0.05, 0.1) is 19.8 Å². The van der Waals surface area contributed by atoms with Crippen molar-refractivity contribution in [1.29, 1.82) is 0 Å². The first-order valence-electron chi connectivity index (χ1n) is 9.76. The summed E-state index contributed by atoms with van der Waals surface area (Å²) in [5.74, 6) is -1.10. The second kappa shape index (κ2) is 36.2. The van der Waals surface area contributed by atoms with Gasteiger partial charge in [0.25, 0.3) is 0 Å². The maximum atomic E-state index is 10.3. The minimum atomic E-state index is -1.16. The van der Waals surface area contributed by atoms with Crippen LogP contribution in [0.1, 0.15) is 64.7 Å². The van der Waals surface area contributed by atoms with Crippen molar-refractivity contribution in [3.63, 3.8) is 0 Å². The van der Waals surface area contributed by atoms with Crippen LogP contribution in [0.25, 0.3) is 0 Å². The molecule has 11 N–H and O–H groups in total. The zero-order chi connectivity index (χ0) is 21.8. The number of aliphatic carboxylic acids is 1. The summed E-state index contributed by atoms with van der Waals surface area (Å²) in [5.41, 5.74) is 14.3. The molecule has 9 nitrogen and oxygen atoms in total. The Morgan fingerprint density at radius 2 is 1.04 bits per heavy atom. The lowest BCUT2D eigenvalue weighted by Crippen LogP contribution is -2.18. The van der Waals surface area contributed by atoms with E-state index in [-0.39, 0.29) is 19.8 Å². The molecule has 0 saturated heterocycles. The number of rotatable bonds is 13. The Hall–Kier alpha value is -0.810. The minimum Gasteiger partial charge on any atom is -0.479 e. The van der Waals surface area contributed by atoms with Crippen molar-refractivity contribution in [2.75, 3.05) is 39.5 Å². The van der Waals surface area contributed by atoms with Gasteiger partial charge in [0.15, 0.2) is 6.10 Å². The zero-order valence-corrected chi connectivity index (χ0v) is 17.1. The van der Waals surface area contributed by atoms with Crippen LogP contribution in [0.5, 0.6) is 0 Å². The standard InChI is InChI=1S/C12H24O3.3C2H7NO/c1-2-3-4-5-6-7-8-9-10-11(13)12(14)15;3*3-1-2-4/h11,13H,2-10H2,1H3,(H,14,15);3*4H,1-3H2. The van der Waals surface area contributed by atoms with Crippen molar-refractivity contribution in [2.24, 2.45) is 17.2 Å². The molecule has 0 saturated carbocycles. The molecule has 1 atom stereocenters. The Balaban J connectivity index is -0.000000179. The van der Waals surface area contributed by atoms with Crippen LogP contribution in [-0.2, 0) is 4.79 Å². The topological polar surface area (TPSA) is 196 Å². The second-order valence-electron chi connectivity index (χ2n) is 5.65. The first kappa shape index (κ1) is 33.8. The molecular formula is C18H45N3O6. The van der Waals surface area contributed by atoms with E-state index in [1.54, 1.807) is 0 Å². The maximum absolute atomic E-state index is 10.3. The van der Waals surface area contributed by atoms with Crippen LogP contribution in [0.2, 0.25) is 0 Å². The van der Waals surface area contributed by atoms with Gasteiger partial charge in [-0.15, -0.1) is 0 Å². The third kappa shape index (κ3) is 51.7. The highest BCUT2D eigenvalue weighted by Gasteiger charge is 2.11. The van der Waals surface area contributed by atoms with E-state index in [1.807, 2.05) is 0 Å². The van der Waals surface area contributed by atoms with Crippen molar-refractivity contribution in [2.45, 2.75) is 70.8 Å². The molecule has 0 aliphatic carbocycles. The number of unbranched alkanes of at least 4 members (excludes halogenated alkanes) is 7. The lowest BCUT2D eigenvalue weighted by Gasteiger charge is -2.04. The summed E-state index contributed by atoms with van der Waals surface area (Å²) < 4.78 is 0. The van der Waals surface area contributed by atoms with Gasteiger partial charge in [-0.2, -0.15) is 0 Å². The predicted molar refractivity (Wildman–Crippen MR) is 109 cm³/mol. The van der Waals surface area contributed by atoms with Gasteiger partial charge in [0, 0.05) is 19.6 Å². The Morgan fingerprint density at radius 3 is 1.30 bits per heavy atom. The fourth-order valence-electron chi connectivity index (χ4n) is 1.60. The van der Waals surface area contributed by atoms with Crippen molar-refractivity contribution < 1.29 is 30.3 Å². The molecule has 9 heteroatoms. The van der Waals surface area contributed by atoms with Crippen molar-refractivity contribution in [1.82, 2.24) is 0 Å². The molecule has 0 heterocycles. The van der Waals surface area contributed by atoms with E-state index in [2.05, 4.69) is 6.92 Å². The first-order valence-corrected chi connectivity index (χ1v) is 9.76. The van der Waals surface area contributed by atoms with Gasteiger partial charge in [0.1, 0.15) is 0 Å². The molecule has 0 spiro atoms.